The second-order valence-electron chi connectivity index (χ2n) is 5.31. The first-order chi connectivity index (χ1) is 9.45. The Hall–Kier alpha value is -1.30. The van der Waals surface area contributed by atoms with E-state index in [1.165, 1.54) is 0 Å². The number of carbonyl (C=O) groups excluding carboxylic acids is 1. The molecular weight excluding hydrogens is 278 g/mol. The van der Waals surface area contributed by atoms with Crippen molar-refractivity contribution in [1.82, 2.24) is 4.90 Å². The Labute approximate surface area is 123 Å². The number of hydrogen-bond donors (Lipinski definition) is 3. The van der Waals surface area contributed by atoms with E-state index in [9.17, 15) is 9.90 Å². The van der Waals surface area contributed by atoms with Crippen molar-refractivity contribution in [3.63, 3.8) is 0 Å². The lowest BCUT2D eigenvalue weighted by atomic mass is 10.0. The van der Waals surface area contributed by atoms with Crippen molar-refractivity contribution in [2.45, 2.75) is 19.4 Å². The molecule has 1 aliphatic heterocycles. The molecule has 0 aromatic heterocycles. The van der Waals surface area contributed by atoms with E-state index >= 15 is 0 Å². The highest BCUT2D eigenvalue weighted by Gasteiger charge is 2.26. The van der Waals surface area contributed by atoms with Crippen molar-refractivity contribution in [3.05, 3.63) is 23.2 Å². The number of nitrogens with one attached hydrogen (secondary N) is 1. The second-order valence-corrected chi connectivity index (χ2v) is 5.72. The molecule has 0 bridgehead atoms. The van der Waals surface area contributed by atoms with Crippen LogP contribution in [0.3, 0.4) is 0 Å². The van der Waals surface area contributed by atoms with Gasteiger partial charge in [-0.2, -0.15) is 0 Å². The summed E-state index contributed by atoms with van der Waals surface area (Å²) in [6.45, 7) is 3.72. The van der Waals surface area contributed by atoms with Crippen LogP contribution in [0.1, 0.15) is 13.3 Å². The Morgan fingerprint density at radius 2 is 2.40 bits per heavy atom. The fraction of sp³-hybridized carbons (Fsp3) is 0.500. The first kappa shape index (κ1) is 15.1. The number of amides is 1. The molecule has 2 rings (SSSR count). The number of carbonyl (C=O) groups is 1. The highest BCUT2D eigenvalue weighted by atomic mass is 35.5. The van der Waals surface area contributed by atoms with E-state index in [4.69, 9.17) is 17.3 Å². The van der Waals surface area contributed by atoms with Gasteiger partial charge in [-0.05, 0) is 44.0 Å². The molecule has 2 atom stereocenters. The number of hydrogen-bond acceptors (Lipinski definition) is 4. The van der Waals surface area contributed by atoms with Crippen molar-refractivity contribution in [2.75, 3.05) is 30.7 Å². The van der Waals surface area contributed by atoms with Gasteiger partial charge in [0.1, 0.15) is 0 Å². The molecule has 1 aliphatic rings. The number of rotatable bonds is 4. The Bertz CT molecular complexity index is 493. The van der Waals surface area contributed by atoms with Gasteiger partial charge in [0.25, 0.3) is 0 Å². The Morgan fingerprint density at radius 3 is 3.00 bits per heavy atom. The van der Waals surface area contributed by atoms with Gasteiger partial charge in [0.2, 0.25) is 5.91 Å². The van der Waals surface area contributed by atoms with Crippen LogP contribution in [0.5, 0.6) is 0 Å². The molecule has 0 radical (unpaired) electrons. The zero-order chi connectivity index (χ0) is 14.7. The average Bonchev–Trinajstić information content (AvgIpc) is 2.82. The third kappa shape index (κ3) is 3.85. The van der Waals surface area contributed by atoms with Gasteiger partial charge < -0.3 is 16.2 Å². The molecule has 1 heterocycles. The predicted octanol–water partition coefficient (Wildman–Crippen LogP) is 1.56. The molecule has 110 valence electrons. The molecule has 0 saturated carbocycles. The number of anilines is 2. The molecule has 2 unspecified atom stereocenters. The summed E-state index contributed by atoms with van der Waals surface area (Å²) in [6.07, 6.45) is 0.609. The quantitative estimate of drug-likeness (QED) is 0.737. The summed E-state index contributed by atoms with van der Waals surface area (Å²) < 4.78 is 0. The molecule has 4 N–H and O–H groups in total. The highest BCUT2D eigenvalue weighted by molar-refractivity contribution is 6.33. The van der Waals surface area contributed by atoms with E-state index < -0.39 is 0 Å². The summed E-state index contributed by atoms with van der Waals surface area (Å²) in [5, 5.41) is 12.8. The van der Waals surface area contributed by atoms with E-state index in [0.29, 0.717) is 22.9 Å². The van der Waals surface area contributed by atoms with Crippen LogP contribution in [-0.4, -0.2) is 41.7 Å². The average molecular weight is 298 g/mol. The molecule has 1 fully saturated rings. The standard InChI is InChI=1S/C14H20ClN3O2/c1-9(19)10-4-5-18(7-10)8-14(20)17-11-2-3-12(15)13(16)6-11/h2-3,6,9-10,19H,4-5,7-8,16H2,1H3,(H,17,20). The number of aliphatic hydroxyl groups excluding tert-OH is 1. The normalized spacial score (nSPS) is 20.9. The van der Waals surface area contributed by atoms with E-state index in [0.717, 1.165) is 19.5 Å². The van der Waals surface area contributed by atoms with Crippen LogP contribution >= 0.6 is 11.6 Å². The van der Waals surface area contributed by atoms with Crippen molar-refractivity contribution in [2.24, 2.45) is 5.92 Å². The molecule has 0 aliphatic carbocycles. The zero-order valence-electron chi connectivity index (χ0n) is 11.5. The van der Waals surface area contributed by atoms with Crippen molar-refractivity contribution >= 4 is 28.9 Å². The summed E-state index contributed by atoms with van der Waals surface area (Å²) in [6, 6.07) is 5.02. The molecule has 1 aromatic carbocycles. The maximum Gasteiger partial charge on any atom is 0.238 e. The number of nitrogens with zero attached hydrogens (tertiary/aromatic N) is 1. The SMILES string of the molecule is CC(O)C1CCN(CC(=O)Nc2ccc(Cl)c(N)c2)C1. The maximum atomic E-state index is 12.0. The molecule has 1 aromatic rings. The summed E-state index contributed by atoms with van der Waals surface area (Å²) in [4.78, 5) is 14.0. The Balaban J connectivity index is 1.85. The van der Waals surface area contributed by atoms with Crippen LogP contribution < -0.4 is 11.1 Å². The van der Waals surface area contributed by atoms with Gasteiger partial charge in [-0.3, -0.25) is 9.69 Å². The third-order valence-electron chi connectivity index (χ3n) is 3.64. The van der Waals surface area contributed by atoms with Gasteiger partial charge in [-0.25, -0.2) is 0 Å². The smallest absolute Gasteiger partial charge is 0.238 e. The minimum absolute atomic E-state index is 0.0852. The van der Waals surface area contributed by atoms with E-state index in [2.05, 4.69) is 5.32 Å². The van der Waals surface area contributed by atoms with Gasteiger partial charge in [0, 0.05) is 12.2 Å². The number of benzene rings is 1. The van der Waals surface area contributed by atoms with Crippen LogP contribution in [0.25, 0.3) is 0 Å². The number of halogens is 1. The van der Waals surface area contributed by atoms with Crippen LogP contribution in [0.2, 0.25) is 5.02 Å². The van der Waals surface area contributed by atoms with Crippen LogP contribution in [-0.2, 0) is 4.79 Å². The van der Waals surface area contributed by atoms with Gasteiger partial charge in [-0.15, -0.1) is 0 Å². The first-order valence-electron chi connectivity index (χ1n) is 6.71. The van der Waals surface area contributed by atoms with Crippen molar-refractivity contribution < 1.29 is 9.90 Å². The number of likely N-dealkylation sites (tertiary alicyclic amines) is 1. The minimum atomic E-state index is -0.320. The molecule has 6 heteroatoms. The molecule has 1 saturated heterocycles. The fourth-order valence-corrected chi connectivity index (χ4v) is 2.54. The minimum Gasteiger partial charge on any atom is -0.397 e. The number of nitrogens with two attached hydrogens (primary N) is 1. The number of nitrogen functional groups attached to an aromatic ring is 1. The zero-order valence-corrected chi connectivity index (χ0v) is 12.2. The van der Waals surface area contributed by atoms with Gasteiger partial charge in [0.05, 0.1) is 23.4 Å². The fourth-order valence-electron chi connectivity index (χ4n) is 2.43. The van der Waals surface area contributed by atoms with Gasteiger partial charge in [-0.1, -0.05) is 11.6 Å². The van der Waals surface area contributed by atoms with Crippen LogP contribution in [0.4, 0.5) is 11.4 Å². The lowest BCUT2D eigenvalue weighted by Gasteiger charge is -2.17. The van der Waals surface area contributed by atoms with E-state index in [1.807, 2.05) is 4.90 Å². The predicted molar refractivity (Wildman–Crippen MR) is 80.7 cm³/mol. The lowest BCUT2D eigenvalue weighted by molar-refractivity contribution is -0.117. The first-order valence-corrected chi connectivity index (χ1v) is 7.09. The highest BCUT2D eigenvalue weighted by Crippen LogP contribution is 2.23. The van der Waals surface area contributed by atoms with Crippen molar-refractivity contribution in [1.29, 1.82) is 0 Å². The van der Waals surface area contributed by atoms with Crippen LogP contribution in [0.15, 0.2) is 18.2 Å². The van der Waals surface area contributed by atoms with Gasteiger partial charge >= 0.3 is 0 Å². The summed E-state index contributed by atoms with van der Waals surface area (Å²) in [5.41, 5.74) is 6.78. The molecule has 0 spiro atoms. The Kier molecular flexibility index (Phi) is 4.86. The van der Waals surface area contributed by atoms with Gasteiger partial charge in [0.15, 0.2) is 0 Å². The lowest BCUT2D eigenvalue weighted by Crippen LogP contribution is -2.32. The summed E-state index contributed by atoms with van der Waals surface area (Å²) in [7, 11) is 0. The Morgan fingerprint density at radius 1 is 1.65 bits per heavy atom. The number of aliphatic hydroxyl groups is 1. The largest absolute Gasteiger partial charge is 0.397 e. The molecular formula is C14H20ClN3O2. The molecule has 5 nitrogen and oxygen atoms in total. The monoisotopic (exact) mass is 297 g/mol. The van der Waals surface area contributed by atoms with E-state index in [1.54, 1.807) is 25.1 Å². The molecule has 20 heavy (non-hydrogen) atoms. The molecule has 1 amide bonds. The topological polar surface area (TPSA) is 78.6 Å². The van der Waals surface area contributed by atoms with Crippen molar-refractivity contribution in [3.8, 4) is 0 Å². The summed E-state index contributed by atoms with van der Waals surface area (Å²) in [5.74, 6) is 0.173. The van der Waals surface area contributed by atoms with E-state index in [-0.39, 0.29) is 17.9 Å². The third-order valence-corrected chi connectivity index (χ3v) is 3.98. The summed E-state index contributed by atoms with van der Waals surface area (Å²) >= 11 is 5.83. The van der Waals surface area contributed by atoms with Crippen LogP contribution in [0, 0.1) is 5.92 Å². The second kappa shape index (κ2) is 6.43. The maximum absolute atomic E-state index is 12.0.